The van der Waals surface area contributed by atoms with E-state index < -0.39 is 5.97 Å². The molecular weight excluding hydrogens is 240 g/mol. The van der Waals surface area contributed by atoms with Gasteiger partial charge in [-0.3, -0.25) is 0 Å². The van der Waals surface area contributed by atoms with Crippen molar-refractivity contribution in [3.05, 3.63) is 65.7 Å². The SMILES string of the molecule is O=C([O-])CCc1ccccc1OCc1ccccc1. The third-order valence-corrected chi connectivity index (χ3v) is 2.81. The van der Waals surface area contributed by atoms with Gasteiger partial charge in [0.05, 0.1) is 0 Å². The first-order valence-corrected chi connectivity index (χ1v) is 6.20. The van der Waals surface area contributed by atoms with Gasteiger partial charge in [0.15, 0.2) is 0 Å². The second kappa shape index (κ2) is 6.59. The van der Waals surface area contributed by atoms with Crippen LogP contribution in [0.25, 0.3) is 0 Å². The summed E-state index contributed by atoms with van der Waals surface area (Å²) in [6.07, 6.45) is 0.430. The zero-order valence-electron chi connectivity index (χ0n) is 10.5. The van der Waals surface area contributed by atoms with E-state index in [1.54, 1.807) is 0 Å². The molecule has 0 heterocycles. The lowest BCUT2D eigenvalue weighted by Crippen LogP contribution is -2.22. The van der Waals surface area contributed by atoms with Crippen LogP contribution in [-0.4, -0.2) is 5.97 Å². The summed E-state index contributed by atoms with van der Waals surface area (Å²) >= 11 is 0. The quantitative estimate of drug-likeness (QED) is 0.792. The molecule has 0 radical (unpaired) electrons. The maximum absolute atomic E-state index is 10.5. The minimum Gasteiger partial charge on any atom is -0.550 e. The maximum Gasteiger partial charge on any atom is 0.123 e. The molecule has 0 aliphatic carbocycles. The van der Waals surface area contributed by atoms with Crippen molar-refractivity contribution in [2.24, 2.45) is 0 Å². The van der Waals surface area contributed by atoms with E-state index in [1.165, 1.54) is 0 Å². The lowest BCUT2D eigenvalue weighted by atomic mass is 10.1. The van der Waals surface area contributed by atoms with Crippen LogP contribution in [0.5, 0.6) is 5.75 Å². The number of hydrogen-bond donors (Lipinski definition) is 0. The van der Waals surface area contributed by atoms with Gasteiger partial charge < -0.3 is 14.6 Å². The summed E-state index contributed by atoms with van der Waals surface area (Å²) in [4.78, 5) is 10.5. The summed E-state index contributed by atoms with van der Waals surface area (Å²) in [5.74, 6) is -0.314. The molecule has 0 aliphatic rings. The Morgan fingerprint density at radius 3 is 2.42 bits per heavy atom. The van der Waals surface area contributed by atoms with Crippen LogP contribution in [0.15, 0.2) is 54.6 Å². The highest BCUT2D eigenvalue weighted by atomic mass is 16.5. The van der Waals surface area contributed by atoms with Gasteiger partial charge in [0.25, 0.3) is 0 Å². The second-order valence-electron chi connectivity index (χ2n) is 4.25. The van der Waals surface area contributed by atoms with Crippen LogP contribution >= 0.6 is 0 Å². The smallest absolute Gasteiger partial charge is 0.123 e. The zero-order chi connectivity index (χ0) is 13.5. The molecule has 19 heavy (non-hydrogen) atoms. The van der Waals surface area contributed by atoms with Crippen LogP contribution < -0.4 is 9.84 Å². The second-order valence-corrected chi connectivity index (χ2v) is 4.25. The van der Waals surface area contributed by atoms with E-state index in [0.29, 0.717) is 13.0 Å². The van der Waals surface area contributed by atoms with Crippen molar-refractivity contribution in [2.75, 3.05) is 0 Å². The molecule has 3 heteroatoms. The van der Waals surface area contributed by atoms with E-state index in [0.717, 1.165) is 16.9 Å². The normalized spacial score (nSPS) is 10.1. The number of aliphatic carboxylic acids is 1. The molecule has 0 amide bonds. The van der Waals surface area contributed by atoms with Crippen molar-refractivity contribution in [1.29, 1.82) is 0 Å². The largest absolute Gasteiger partial charge is 0.550 e. The van der Waals surface area contributed by atoms with Gasteiger partial charge in [-0.2, -0.15) is 0 Å². The molecule has 0 spiro atoms. The van der Waals surface area contributed by atoms with E-state index >= 15 is 0 Å². The minimum atomic E-state index is -1.04. The Morgan fingerprint density at radius 1 is 1.00 bits per heavy atom. The molecule has 2 aromatic carbocycles. The van der Waals surface area contributed by atoms with Gasteiger partial charge in [-0.05, 0) is 30.0 Å². The molecule has 2 aromatic rings. The summed E-state index contributed by atoms with van der Waals surface area (Å²) in [5.41, 5.74) is 1.97. The fourth-order valence-electron chi connectivity index (χ4n) is 1.82. The molecule has 0 unspecified atom stereocenters. The van der Waals surface area contributed by atoms with Crippen LogP contribution in [-0.2, 0) is 17.8 Å². The van der Waals surface area contributed by atoms with E-state index in [4.69, 9.17) is 4.74 Å². The number of carboxylic acid groups (broad SMARTS) is 1. The van der Waals surface area contributed by atoms with Crippen molar-refractivity contribution in [2.45, 2.75) is 19.4 Å². The van der Waals surface area contributed by atoms with Crippen molar-refractivity contribution in [3.8, 4) is 5.75 Å². The van der Waals surface area contributed by atoms with Crippen molar-refractivity contribution in [1.82, 2.24) is 0 Å². The highest BCUT2D eigenvalue weighted by Gasteiger charge is 2.03. The summed E-state index contributed by atoms with van der Waals surface area (Å²) in [7, 11) is 0. The fourth-order valence-corrected chi connectivity index (χ4v) is 1.82. The van der Waals surface area contributed by atoms with Gasteiger partial charge in [-0.25, -0.2) is 0 Å². The Hall–Kier alpha value is -2.29. The maximum atomic E-state index is 10.5. The summed E-state index contributed by atoms with van der Waals surface area (Å²) in [5, 5.41) is 10.5. The number of hydrogen-bond acceptors (Lipinski definition) is 3. The van der Waals surface area contributed by atoms with Gasteiger partial charge in [-0.1, -0.05) is 48.5 Å². The van der Waals surface area contributed by atoms with Crippen LogP contribution in [0.4, 0.5) is 0 Å². The molecule has 0 fully saturated rings. The van der Waals surface area contributed by atoms with Gasteiger partial charge >= 0.3 is 0 Å². The number of ether oxygens (including phenoxy) is 1. The van der Waals surface area contributed by atoms with Crippen LogP contribution in [0, 0.1) is 0 Å². The highest BCUT2D eigenvalue weighted by Crippen LogP contribution is 2.20. The van der Waals surface area contributed by atoms with Crippen molar-refractivity contribution >= 4 is 5.97 Å². The third kappa shape index (κ3) is 4.14. The summed E-state index contributed by atoms with van der Waals surface area (Å²) in [6.45, 7) is 0.475. The number of aryl methyl sites for hydroxylation is 1. The van der Waals surface area contributed by atoms with E-state index in [1.807, 2.05) is 54.6 Å². The average molecular weight is 255 g/mol. The van der Waals surface area contributed by atoms with Gasteiger partial charge in [-0.15, -0.1) is 0 Å². The Bertz CT molecular complexity index is 535. The first-order chi connectivity index (χ1) is 9.25. The lowest BCUT2D eigenvalue weighted by Gasteiger charge is -2.11. The number of benzene rings is 2. The minimum absolute atomic E-state index is 0.00566. The summed E-state index contributed by atoms with van der Waals surface area (Å²) < 4.78 is 5.74. The molecule has 0 aromatic heterocycles. The lowest BCUT2D eigenvalue weighted by molar-refractivity contribution is -0.305. The Labute approximate surface area is 112 Å². The first kappa shape index (κ1) is 13.1. The first-order valence-electron chi connectivity index (χ1n) is 6.20. The van der Waals surface area contributed by atoms with Gasteiger partial charge in [0, 0.05) is 5.97 Å². The molecule has 98 valence electrons. The van der Waals surface area contributed by atoms with Crippen LogP contribution in [0.3, 0.4) is 0 Å². The van der Waals surface area contributed by atoms with Crippen LogP contribution in [0.1, 0.15) is 17.5 Å². The fraction of sp³-hybridized carbons (Fsp3) is 0.188. The van der Waals surface area contributed by atoms with Gasteiger partial charge in [0.1, 0.15) is 12.4 Å². The van der Waals surface area contributed by atoms with E-state index in [-0.39, 0.29) is 6.42 Å². The van der Waals surface area contributed by atoms with Crippen molar-refractivity contribution in [3.63, 3.8) is 0 Å². The average Bonchev–Trinajstić information content (AvgIpc) is 2.45. The number of carbonyl (C=O) groups excluding carboxylic acids is 1. The number of carbonyl (C=O) groups is 1. The zero-order valence-corrected chi connectivity index (χ0v) is 10.5. The number of rotatable bonds is 6. The third-order valence-electron chi connectivity index (χ3n) is 2.81. The number of para-hydroxylation sites is 1. The summed E-state index contributed by atoms with van der Waals surface area (Å²) in [6, 6.07) is 17.3. The van der Waals surface area contributed by atoms with Crippen LogP contribution in [0.2, 0.25) is 0 Å². The molecule has 3 nitrogen and oxygen atoms in total. The van der Waals surface area contributed by atoms with Gasteiger partial charge in [0.2, 0.25) is 0 Å². The highest BCUT2D eigenvalue weighted by molar-refractivity contribution is 5.64. The van der Waals surface area contributed by atoms with E-state index in [9.17, 15) is 9.90 Å². The number of carboxylic acids is 1. The molecule has 0 aliphatic heterocycles. The Kier molecular flexibility index (Phi) is 4.56. The molecule has 0 atom stereocenters. The molecule has 0 N–H and O–H groups in total. The Balaban J connectivity index is 2.01. The molecule has 2 rings (SSSR count). The predicted molar refractivity (Wildman–Crippen MR) is 70.5 cm³/mol. The standard InChI is InChI=1S/C16H16O3/c17-16(18)11-10-14-8-4-5-9-15(14)19-12-13-6-2-1-3-7-13/h1-9H,10-12H2,(H,17,18)/p-1. The molecule has 0 saturated heterocycles. The topological polar surface area (TPSA) is 49.4 Å². The molecule has 0 bridgehead atoms. The Morgan fingerprint density at radius 2 is 1.68 bits per heavy atom. The molecule has 0 saturated carbocycles. The van der Waals surface area contributed by atoms with E-state index in [2.05, 4.69) is 0 Å². The monoisotopic (exact) mass is 255 g/mol. The molecular formula is C16H15O3-. The predicted octanol–water partition coefficient (Wildman–Crippen LogP) is 1.95. The van der Waals surface area contributed by atoms with Crippen molar-refractivity contribution < 1.29 is 14.6 Å².